The van der Waals surface area contributed by atoms with Crippen LogP contribution in [-0.2, 0) is 9.59 Å². The highest BCUT2D eigenvalue weighted by atomic mass is 19.1. The molecule has 0 radical (unpaired) electrons. The molecule has 0 aliphatic carbocycles. The Kier molecular flexibility index (Phi) is 5.33. The molecular formula is C24H25FN2O3. The number of anilines is 1. The van der Waals surface area contributed by atoms with E-state index in [1.54, 1.807) is 24.3 Å². The van der Waals surface area contributed by atoms with Crippen molar-refractivity contribution in [2.45, 2.75) is 26.7 Å². The van der Waals surface area contributed by atoms with E-state index in [4.69, 9.17) is 4.74 Å². The molecule has 2 amide bonds. The summed E-state index contributed by atoms with van der Waals surface area (Å²) in [7, 11) is 1.51. The lowest BCUT2D eigenvalue weighted by atomic mass is 9.98. The van der Waals surface area contributed by atoms with Crippen LogP contribution in [-0.4, -0.2) is 36.9 Å². The normalized spacial score (nSPS) is 19.7. The Bertz CT molecular complexity index is 1030. The lowest BCUT2D eigenvalue weighted by molar-refractivity contribution is -0.120. The van der Waals surface area contributed by atoms with Gasteiger partial charge in [0.05, 0.1) is 18.4 Å². The van der Waals surface area contributed by atoms with Crippen LogP contribution in [0.4, 0.5) is 10.1 Å². The van der Waals surface area contributed by atoms with Crippen LogP contribution in [0.1, 0.15) is 30.9 Å². The van der Waals surface area contributed by atoms with Crippen molar-refractivity contribution in [3.63, 3.8) is 0 Å². The zero-order chi connectivity index (χ0) is 21.4. The second-order valence-electron chi connectivity index (χ2n) is 8.04. The number of aryl methyl sites for hydroxylation is 1. The smallest absolute Gasteiger partial charge is 0.282 e. The van der Waals surface area contributed by atoms with Gasteiger partial charge in [-0.25, -0.2) is 9.29 Å². The van der Waals surface area contributed by atoms with Crippen molar-refractivity contribution in [3.05, 3.63) is 65.1 Å². The van der Waals surface area contributed by atoms with E-state index < -0.39 is 5.91 Å². The fourth-order valence-electron chi connectivity index (χ4n) is 4.27. The fraction of sp³-hybridized carbons (Fsp3) is 0.333. The van der Waals surface area contributed by atoms with Crippen LogP contribution in [0, 0.1) is 18.7 Å². The van der Waals surface area contributed by atoms with Gasteiger partial charge in [0.2, 0.25) is 0 Å². The van der Waals surface area contributed by atoms with E-state index >= 15 is 0 Å². The molecule has 2 aliphatic heterocycles. The monoisotopic (exact) mass is 408 g/mol. The van der Waals surface area contributed by atoms with Gasteiger partial charge >= 0.3 is 0 Å². The summed E-state index contributed by atoms with van der Waals surface area (Å²) in [6, 6.07) is 11.1. The largest absolute Gasteiger partial charge is 0.495 e. The number of hydrogen-bond acceptors (Lipinski definition) is 4. The zero-order valence-electron chi connectivity index (χ0n) is 17.4. The molecule has 0 saturated carbocycles. The van der Waals surface area contributed by atoms with E-state index in [1.165, 1.54) is 24.1 Å². The van der Waals surface area contributed by atoms with Crippen LogP contribution in [0.15, 0.2) is 48.2 Å². The van der Waals surface area contributed by atoms with E-state index in [1.807, 2.05) is 17.9 Å². The van der Waals surface area contributed by atoms with Gasteiger partial charge in [0.1, 0.15) is 17.3 Å². The summed E-state index contributed by atoms with van der Waals surface area (Å²) in [5.41, 5.74) is 2.58. The SMILES string of the molecule is COc1ccc(C)cc1N1C(=O)C(c2ccc(F)cc2)=C(N2CCCC(C)C2)C1=O. The first-order valence-corrected chi connectivity index (χ1v) is 10.2. The number of hydrogen-bond donors (Lipinski definition) is 0. The van der Waals surface area contributed by atoms with Gasteiger partial charge < -0.3 is 9.64 Å². The minimum atomic E-state index is -0.413. The molecule has 0 N–H and O–H groups in total. The first-order valence-electron chi connectivity index (χ1n) is 10.2. The van der Waals surface area contributed by atoms with Crippen molar-refractivity contribution >= 4 is 23.1 Å². The summed E-state index contributed by atoms with van der Waals surface area (Å²) in [6.45, 7) is 5.46. The van der Waals surface area contributed by atoms with Crippen molar-refractivity contribution in [3.8, 4) is 5.75 Å². The Labute approximate surface area is 175 Å². The number of piperidine rings is 1. The summed E-state index contributed by atoms with van der Waals surface area (Å²) in [4.78, 5) is 30.4. The molecule has 4 rings (SSSR count). The summed E-state index contributed by atoms with van der Waals surface area (Å²) in [6.07, 6.45) is 2.05. The van der Waals surface area contributed by atoms with Gasteiger partial charge in [-0.1, -0.05) is 25.1 Å². The van der Waals surface area contributed by atoms with Crippen LogP contribution in [0.5, 0.6) is 5.75 Å². The van der Waals surface area contributed by atoms with Crippen molar-refractivity contribution in [2.24, 2.45) is 5.92 Å². The third kappa shape index (κ3) is 3.47. The third-order valence-corrected chi connectivity index (χ3v) is 5.74. The maximum atomic E-state index is 13.6. The van der Waals surface area contributed by atoms with Gasteiger partial charge in [0, 0.05) is 13.1 Å². The number of benzene rings is 2. The first-order chi connectivity index (χ1) is 14.4. The van der Waals surface area contributed by atoms with E-state index in [9.17, 15) is 14.0 Å². The second kappa shape index (κ2) is 7.94. The van der Waals surface area contributed by atoms with Crippen LogP contribution in [0.3, 0.4) is 0 Å². The Balaban J connectivity index is 1.86. The standard InChI is InChI=1S/C24H25FN2O3/c1-15-6-11-20(30-3)19(13-15)27-23(28)21(17-7-9-18(25)10-8-17)22(24(27)29)26-12-4-5-16(2)14-26/h6-11,13,16H,4-5,12,14H2,1-3H3. The predicted octanol–water partition coefficient (Wildman–Crippen LogP) is 4.16. The van der Waals surface area contributed by atoms with Gasteiger partial charge in [0.15, 0.2) is 0 Å². The number of amides is 2. The molecule has 1 saturated heterocycles. The highest BCUT2D eigenvalue weighted by molar-refractivity contribution is 6.45. The van der Waals surface area contributed by atoms with Crippen molar-refractivity contribution in [1.82, 2.24) is 4.90 Å². The van der Waals surface area contributed by atoms with Crippen LogP contribution in [0.2, 0.25) is 0 Å². The average molecular weight is 408 g/mol. The van der Waals surface area contributed by atoms with Crippen molar-refractivity contribution in [1.29, 1.82) is 0 Å². The molecule has 6 heteroatoms. The number of imide groups is 1. The quantitative estimate of drug-likeness (QED) is 0.713. The number of likely N-dealkylation sites (tertiary alicyclic amines) is 1. The maximum Gasteiger partial charge on any atom is 0.282 e. The number of carbonyl (C=O) groups excluding carboxylic acids is 2. The zero-order valence-corrected chi connectivity index (χ0v) is 17.4. The van der Waals surface area contributed by atoms with E-state index in [-0.39, 0.29) is 11.7 Å². The lowest BCUT2D eigenvalue weighted by Crippen LogP contribution is -2.39. The molecule has 2 aliphatic rings. The van der Waals surface area contributed by atoms with E-state index in [0.717, 1.165) is 18.4 Å². The molecule has 2 aromatic rings. The number of halogens is 1. The Hall–Kier alpha value is -3.15. The number of rotatable bonds is 4. The summed E-state index contributed by atoms with van der Waals surface area (Å²) < 4.78 is 19.0. The Morgan fingerprint density at radius 3 is 2.47 bits per heavy atom. The highest BCUT2D eigenvalue weighted by Crippen LogP contribution is 2.40. The molecule has 156 valence electrons. The lowest BCUT2D eigenvalue weighted by Gasteiger charge is -2.33. The van der Waals surface area contributed by atoms with Gasteiger partial charge in [-0.05, 0) is 61.1 Å². The molecule has 0 spiro atoms. The molecular weight excluding hydrogens is 383 g/mol. The molecule has 1 unspecified atom stereocenters. The number of ether oxygens (including phenoxy) is 1. The van der Waals surface area contributed by atoms with Gasteiger partial charge in [-0.2, -0.15) is 0 Å². The van der Waals surface area contributed by atoms with Crippen LogP contribution >= 0.6 is 0 Å². The molecule has 5 nitrogen and oxygen atoms in total. The number of methoxy groups -OCH3 is 1. The first kappa shape index (κ1) is 20.1. The van der Waals surface area contributed by atoms with E-state index in [0.29, 0.717) is 47.3 Å². The minimum Gasteiger partial charge on any atom is -0.495 e. The maximum absolute atomic E-state index is 13.6. The summed E-state index contributed by atoms with van der Waals surface area (Å²) >= 11 is 0. The average Bonchev–Trinajstić information content (AvgIpc) is 2.98. The topological polar surface area (TPSA) is 49.9 Å². The molecule has 2 aromatic carbocycles. The van der Waals surface area contributed by atoms with Gasteiger partial charge in [-0.3, -0.25) is 9.59 Å². The second-order valence-corrected chi connectivity index (χ2v) is 8.04. The highest BCUT2D eigenvalue weighted by Gasteiger charge is 2.44. The summed E-state index contributed by atoms with van der Waals surface area (Å²) in [5.74, 6) is -0.289. The molecule has 0 aromatic heterocycles. The van der Waals surface area contributed by atoms with Crippen LogP contribution in [0.25, 0.3) is 5.57 Å². The Morgan fingerprint density at radius 1 is 1.07 bits per heavy atom. The van der Waals surface area contributed by atoms with Crippen molar-refractivity contribution < 1.29 is 18.7 Å². The van der Waals surface area contributed by atoms with Crippen molar-refractivity contribution in [2.75, 3.05) is 25.1 Å². The number of carbonyl (C=O) groups is 2. The molecule has 30 heavy (non-hydrogen) atoms. The van der Waals surface area contributed by atoms with E-state index in [2.05, 4.69) is 6.92 Å². The predicted molar refractivity (Wildman–Crippen MR) is 114 cm³/mol. The third-order valence-electron chi connectivity index (χ3n) is 5.74. The minimum absolute atomic E-state index is 0.317. The molecule has 0 bridgehead atoms. The molecule has 1 fully saturated rings. The van der Waals surface area contributed by atoms with Gasteiger partial charge in [0.25, 0.3) is 11.8 Å². The molecule has 2 heterocycles. The molecule has 1 atom stereocenters. The fourth-order valence-corrected chi connectivity index (χ4v) is 4.27. The number of nitrogens with zero attached hydrogens (tertiary/aromatic N) is 2. The van der Waals surface area contributed by atoms with Crippen LogP contribution < -0.4 is 9.64 Å². The van der Waals surface area contributed by atoms with Gasteiger partial charge in [-0.15, -0.1) is 0 Å². The summed E-state index contributed by atoms with van der Waals surface area (Å²) in [5, 5.41) is 0. The Morgan fingerprint density at radius 2 is 1.80 bits per heavy atom.